The summed E-state index contributed by atoms with van der Waals surface area (Å²) in [7, 11) is 1.47. The lowest BCUT2D eigenvalue weighted by molar-refractivity contribution is -0.116. The molecule has 34 heavy (non-hydrogen) atoms. The number of aliphatic imine (C=N–C) groups is 1. The number of aromatic nitrogens is 2. The molecule has 1 aromatic heterocycles. The van der Waals surface area contributed by atoms with Crippen molar-refractivity contribution >= 4 is 34.9 Å². The zero-order valence-corrected chi connectivity index (χ0v) is 18.8. The fraction of sp³-hybridized carbons (Fsp3) is 0.292. The van der Waals surface area contributed by atoms with Crippen molar-refractivity contribution in [2.24, 2.45) is 4.99 Å². The SMILES string of the molecule is CCOC1CCOc2ccc(Nc3nc(N=C4CC=CC(=CC(=O)NC)C4=O)ncc3F)cc21. The largest absolute Gasteiger partial charge is 0.493 e. The second-order valence-electron chi connectivity index (χ2n) is 7.53. The fourth-order valence-corrected chi connectivity index (χ4v) is 3.63. The number of halogens is 1. The summed E-state index contributed by atoms with van der Waals surface area (Å²) in [6, 6.07) is 5.40. The summed E-state index contributed by atoms with van der Waals surface area (Å²) in [6.45, 7) is 3.07. The first kappa shape index (κ1) is 23.2. The van der Waals surface area contributed by atoms with Crippen LogP contribution in [0.25, 0.3) is 0 Å². The van der Waals surface area contributed by atoms with Crippen LogP contribution >= 0.6 is 0 Å². The first-order chi connectivity index (χ1) is 16.5. The van der Waals surface area contributed by atoms with E-state index in [1.807, 2.05) is 13.0 Å². The Labute approximate surface area is 195 Å². The molecule has 1 atom stereocenters. The van der Waals surface area contributed by atoms with Crippen molar-refractivity contribution in [3.8, 4) is 5.75 Å². The van der Waals surface area contributed by atoms with E-state index in [0.717, 1.165) is 23.9 Å². The molecule has 2 aromatic rings. The molecule has 2 N–H and O–H groups in total. The highest BCUT2D eigenvalue weighted by Crippen LogP contribution is 2.37. The van der Waals surface area contributed by atoms with E-state index in [1.165, 1.54) is 13.1 Å². The number of ketones is 1. The molecule has 2 heterocycles. The molecule has 0 fully saturated rings. The second-order valence-corrected chi connectivity index (χ2v) is 7.53. The highest BCUT2D eigenvalue weighted by atomic mass is 19.1. The Balaban J connectivity index is 1.58. The minimum absolute atomic E-state index is 0.0738. The first-order valence-corrected chi connectivity index (χ1v) is 10.9. The van der Waals surface area contributed by atoms with Gasteiger partial charge in [0, 0.05) is 49.4 Å². The lowest BCUT2D eigenvalue weighted by atomic mass is 9.98. The number of amides is 1. The zero-order valence-electron chi connectivity index (χ0n) is 18.8. The molecule has 1 unspecified atom stereocenters. The number of likely N-dealkylation sites (N-methyl/N-ethyl adjacent to an activating group) is 1. The Kier molecular flexibility index (Phi) is 7.07. The maximum atomic E-state index is 14.5. The van der Waals surface area contributed by atoms with Gasteiger partial charge in [0.25, 0.3) is 5.95 Å². The molecule has 10 heteroatoms. The van der Waals surface area contributed by atoms with E-state index in [2.05, 4.69) is 25.6 Å². The number of benzene rings is 1. The van der Waals surface area contributed by atoms with Gasteiger partial charge in [0.2, 0.25) is 11.7 Å². The Morgan fingerprint density at radius 1 is 1.41 bits per heavy atom. The van der Waals surface area contributed by atoms with Crippen LogP contribution in [0.5, 0.6) is 5.75 Å². The Morgan fingerprint density at radius 3 is 3.06 bits per heavy atom. The monoisotopic (exact) mass is 465 g/mol. The van der Waals surface area contributed by atoms with E-state index in [4.69, 9.17) is 9.47 Å². The Morgan fingerprint density at radius 2 is 2.26 bits per heavy atom. The summed E-state index contributed by atoms with van der Waals surface area (Å²) in [4.78, 5) is 36.5. The van der Waals surface area contributed by atoms with Gasteiger partial charge in [-0.25, -0.2) is 14.4 Å². The number of nitrogens with zero attached hydrogens (tertiary/aromatic N) is 3. The molecular weight excluding hydrogens is 441 g/mol. The van der Waals surface area contributed by atoms with Crippen LogP contribution in [0.1, 0.15) is 31.4 Å². The molecule has 1 aliphatic heterocycles. The molecule has 0 saturated carbocycles. The summed E-state index contributed by atoms with van der Waals surface area (Å²) in [5, 5.41) is 5.38. The topological polar surface area (TPSA) is 115 Å². The quantitative estimate of drug-likeness (QED) is 0.628. The van der Waals surface area contributed by atoms with E-state index in [0.29, 0.717) is 18.9 Å². The maximum absolute atomic E-state index is 14.5. The molecule has 1 aliphatic carbocycles. The first-order valence-electron chi connectivity index (χ1n) is 10.9. The summed E-state index contributed by atoms with van der Waals surface area (Å²) in [5.74, 6) is -0.912. The van der Waals surface area contributed by atoms with Crippen molar-refractivity contribution in [3.05, 3.63) is 59.6 Å². The van der Waals surface area contributed by atoms with Crippen molar-refractivity contribution in [2.75, 3.05) is 25.6 Å². The van der Waals surface area contributed by atoms with E-state index in [9.17, 15) is 14.0 Å². The van der Waals surface area contributed by atoms with Gasteiger partial charge in [-0.1, -0.05) is 12.2 Å². The summed E-state index contributed by atoms with van der Waals surface area (Å²) >= 11 is 0. The van der Waals surface area contributed by atoms with Gasteiger partial charge in [0.1, 0.15) is 5.75 Å². The third-order valence-corrected chi connectivity index (χ3v) is 5.26. The van der Waals surface area contributed by atoms with Gasteiger partial charge in [-0.15, -0.1) is 0 Å². The number of carbonyl (C=O) groups is 2. The van der Waals surface area contributed by atoms with Crippen LogP contribution in [0, 0.1) is 5.82 Å². The van der Waals surface area contributed by atoms with Crippen LogP contribution in [-0.2, 0) is 14.3 Å². The van der Waals surface area contributed by atoms with Gasteiger partial charge in [-0.3, -0.25) is 9.59 Å². The van der Waals surface area contributed by atoms with Gasteiger partial charge in [0.15, 0.2) is 11.6 Å². The van der Waals surface area contributed by atoms with Crippen molar-refractivity contribution in [2.45, 2.75) is 25.9 Å². The lowest BCUT2D eigenvalue weighted by Crippen LogP contribution is -2.22. The number of anilines is 2. The smallest absolute Gasteiger partial charge is 0.251 e. The molecular formula is C24H24FN5O4. The van der Waals surface area contributed by atoms with Crippen molar-refractivity contribution in [1.82, 2.24) is 15.3 Å². The molecule has 2 aliphatic rings. The number of allylic oxidation sites excluding steroid dienone is 3. The van der Waals surface area contributed by atoms with E-state index < -0.39 is 17.5 Å². The standard InChI is InChI=1S/C24H24FN5O4/c1-3-33-20-9-10-34-19-8-7-15(12-16(19)20)28-23-17(25)13-27-24(30-23)29-18-6-4-5-14(22(18)32)11-21(31)26-2/h4-5,7-8,11-13,20H,3,6,9-10H2,1-2H3,(H,26,31)(H,27,28,30). The predicted octanol–water partition coefficient (Wildman–Crippen LogP) is 3.49. The van der Waals surface area contributed by atoms with Gasteiger partial charge in [-0.05, 0) is 25.1 Å². The van der Waals surface area contributed by atoms with Gasteiger partial charge >= 0.3 is 0 Å². The predicted molar refractivity (Wildman–Crippen MR) is 124 cm³/mol. The highest BCUT2D eigenvalue weighted by Gasteiger charge is 2.23. The average molecular weight is 465 g/mol. The molecule has 0 bridgehead atoms. The normalized spacial score (nSPS) is 19.6. The molecule has 0 spiro atoms. The number of nitrogens with one attached hydrogen (secondary N) is 2. The number of hydrogen-bond acceptors (Lipinski definition) is 8. The number of Topliss-reactive ketones (excluding diaryl/α,β-unsaturated/α-hetero) is 1. The number of fused-ring (bicyclic) bond motifs is 1. The number of hydrogen-bond donors (Lipinski definition) is 2. The lowest BCUT2D eigenvalue weighted by Gasteiger charge is -2.26. The molecule has 1 aromatic carbocycles. The summed E-state index contributed by atoms with van der Waals surface area (Å²) in [5.41, 5.74) is 1.83. The van der Waals surface area contributed by atoms with Crippen LogP contribution in [0.4, 0.5) is 21.8 Å². The van der Waals surface area contributed by atoms with Crippen molar-refractivity contribution in [1.29, 1.82) is 0 Å². The third kappa shape index (κ3) is 5.18. The van der Waals surface area contributed by atoms with Crippen LogP contribution in [0.15, 0.2) is 53.2 Å². The average Bonchev–Trinajstić information content (AvgIpc) is 2.84. The summed E-state index contributed by atoms with van der Waals surface area (Å²) in [6.07, 6.45) is 6.33. The number of ether oxygens (including phenoxy) is 2. The fourth-order valence-electron chi connectivity index (χ4n) is 3.63. The molecule has 176 valence electrons. The van der Waals surface area contributed by atoms with E-state index in [1.54, 1.807) is 24.3 Å². The van der Waals surface area contributed by atoms with Crippen LogP contribution in [0.3, 0.4) is 0 Å². The van der Waals surface area contributed by atoms with Crippen molar-refractivity contribution < 1.29 is 23.5 Å². The van der Waals surface area contributed by atoms with Crippen LogP contribution in [0.2, 0.25) is 0 Å². The Bertz CT molecular complexity index is 1210. The minimum Gasteiger partial charge on any atom is -0.493 e. The second kappa shape index (κ2) is 10.3. The summed E-state index contributed by atoms with van der Waals surface area (Å²) < 4.78 is 26.0. The van der Waals surface area contributed by atoms with Gasteiger partial charge < -0.3 is 20.1 Å². The van der Waals surface area contributed by atoms with E-state index >= 15 is 0 Å². The third-order valence-electron chi connectivity index (χ3n) is 5.26. The van der Waals surface area contributed by atoms with Gasteiger partial charge in [-0.2, -0.15) is 4.98 Å². The molecule has 4 rings (SSSR count). The van der Waals surface area contributed by atoms with Crippen LogP contribution in [-0.4, -0.2) is 47.6 Å². The van der Waals surface area contributed by atoms with Gasteiger partial charge in [0.05, 0.1) is 24.6 Å². The zero-order chi connectivity index (χ0) is 24.1. The maximum Gasteiger partial charge on any atom is 0.251 e. The molecule has 0 saturated heterocycles. The minimum atomic E-state index is -0.672. The number of rotatable bonds is 6. The molecule has 0 radical (unpaired) electrons. The number of carbonyl (C=O) groups excluding carboxylic acids is 2. The van der Waals surface area contributed by atoms with Crippen LogP contribution < -0.4 is 15.4 Å². The highest BCUT2D eigenvalue weighted by molar-refractivity contribution is 6.48. The molecule has 9 nitrogen and oxygen atoms in total. The van der Waals surface area contributed by atoms with Crippen molar-refractivity contribution in [3.63, 3.8) is 0 Å². The molecule has 1 amide bonds. The Hall–Kier alpha value is -3.92. The van der Waals surface area contributed by atoms with E-state index in [-0.39, 0.29) is 35.6 Å².